The summed E-state index contributed by atoms with van der Waals surface area (Å²) in [6.45, 7) is 8.87. The lowest BCUT2D eigenvalue weighted by Gasteiger charge is -2.42. The van der Waals surface area contributed by atoms with Crippen molar-refractivity contribution < 1.29 is 23.8 Å². The molecule has 1 atom stereocenters. The van der Waals surface area contributed by atoms with E-state index >= 15 is 0 Å². The SMILES string of the molecule is CCNc1cc(C2(Cc3nncn3C)COC2)cc(N2Cc3cc(CN4CCC[C@H](C)C4)sc3C2=O)n1.O=C(O)CF. The molecule has 0 unspecified atom stereocenters. The second kappa shape index (κ2) is 12.8. The topological polar surface area (TPSA) is 126 Å². The summed E-state index contributed by atoms with van der Waals surface area (Å²) >= 11 is 1.65. The van der Waals surface area contributed by atoms with Gasteiger partial charge in [0.25, 0.3) is 5.91 Å². The number of pyridine rings is 1. The molecule has 0 aliphatic carbocycles. The second-order valence-corrected chi connectivity index (χ2v) is 12.5. The van der Waals surface area contributed by atoms with E-state index in [1.54, 1.807) is 17.7 Å². The Hall–Kier alpha value is -3.42. The first-order valence-corrected chi connectivity index (χ1v) is 15.1. The molecule has 3 aromatic rings. The first-order chi connectivity index (χ1) is 20.2. The van der Waals surface area contributed by atoms with Gasteiger partial charge in [0.05, 0.1) is 24.6 Å². The van der Waals surface area contributed by atoms with E-state index in [0.29, 0.717) is 25.6 Å². The van der Waals surface area contributed by atoms with E-state index in [2.05, 4.69) is 52.5 Å². The Balaban J connectivity index is 0.000000652. The third-order valence-electron chi connectivity index (χ3n) is 7.98. The minimum Gasteiger partial charge on any atom is -0.479 e. The number of amides is 1. The number of halogens is 1. The Morgan fingerprint density at radius 2 is 2.10 bits per heavy atom. The van der Waals surface area contributed by atoms with Gasteiger partial charge in [0.1, 0.15) is 23.8 Å². The molecule has 0 spiro atoms. The molecule has 6 heterocycles. The number of nitrogens with one attached hydrogen (secondary N) is 1. The number of nitrogens with zero attached hydrogens (tertiary/aromatic N) is 6. The fourth-order valence-corrected chi connectivity index (χ4v) is 6.95. The third-order valence-corrected chi connectivity index (χ3v) is 9.13. The van der Waals surface area contributed by atoms with Crippen molar-refractivity contribution in [1.29, 1.82) is 0 Å². The van der Waals surface area contributed by atoms with Gasteiger partial charge in [0.15, 0.2) is 6.67 Å². The van der Waals surface area contributed by atoms with Crippen LogP contribution < -0.4 is 10.2 Å². The van der Waals surface area contributed by atoms with Crippen molar-refractivity contribution in [2.75, 3.05) is 49.7 Å². The van der Waals surface area contributed by atoms with Crippen molar-refractivity contribution in [3.05, 3.63) is 51.2 Å². The maximum Gasteiger partial charge on any atom is 0.335 e. The van der Waals surface area contributed by atoms with Crippen LogP contribution in [0.4, 0.5) is 16.0 Å². The highest BCUT2D eigenvalue weighted by Gasteiger charge is 2.43. The summed E-state index contributed by atoms with van der Waals surface area (Å²) in [6.07, 6.45) is 5.03. The number of hydrogen-bond acceptors (Lipinski definition) is 9. The van der Waals surface area contributed by atoms with Crippen LogP contribution >= 0.6 is 11.3 Å². The van der Waals surface area contributed by atoms with Crippen molar-refractivity contribution >= 4 is 34.8 Å². The number of rotatable bonds is 9. The third kappa shape index (κ3) is 6.47. The summed E-state index contributed by atoms with van der Waals surface area (Å²) < 4.78 is 18.2. The minimum absolute atomic E-state index is 0.0533. The van der Waals surface area contributed by atoms with Crippen molar-refractivity contribution in [3.63, 3.8) is 0 Å². The van der Waals surface area contributed by atoms with Crippen LogP contribution in [0.1, 0.15) is 58.2 Å². The molecular formula is C29H38FN7O4S. The van der Waals surface area contributed by atoms with Crippen molar-refractivity contribution in [3.8, 4) is 0 Å². The number of carboxylic acids is 1. The van der Waals surface area contributed by atoms with Gasteiger partial charge in [0, 0.05) is 43.4 Å². The number of alkyl halides is 1. The lowest BCUT2D eigenvalue weighted by molar-refractivity contribution is -0.137. The zero-order valence-corrected chi connectivity index (χ0v) is 25.1. The van der Waals surface area contributed by atoms with Crippen LogP contribution in [0.5, 0.6) is 0 Å². The fourth-order valence-electron chi connectivity index (χ4n) is 5.78. The van der Waals surface area contributed by atoms with Gasteiger partial charge in [-0.15, -0.1) is 21.5 Å². The molecule has 13 heteroatoms. The molecule has 11 nitrogen and oxygen atoms in total. The minimum atomic E-state index is -1.41. The predicted molar refractivity (Wildman–Crippen MR) is 158 cm³/mol. The first kappa shape index (κ1) is 30.1. The molecule has 0 bridgehead atoms. The Morgan fingerprint density at radius 3 is 2.69 bits per heavy atom. The predicted octanol–water partition coefficient (Wildman–Crippen LogP) is 3.65. The number of carboxylic acid groups (broad SMARTS) is 1. The molecule has 2 saturated heterocycles. The second-order valence-electron chi connectivity index (χ2n) is 11.4. The van der Waals surface area contributed by atoms with Crippen LogP contribution in [0.15, 0.2) is 24.5 Å². The molecule has 0 radical (unpaired) electrons. The van der Waals surface area contributed by atoms with Gasteiger partial charge in [0.2, 0.25) is 0 Å². The number of aryl methyl sites for hydroxylation is 1. The maximum atomic E-state index is 13.6. The lowest BCUT2D eigenvalue weighted by atomic mass is 9.75. The van der Waals surface area contributed by atoms with Crippen molar-refractivity contribution in [2.24, 2.45) is 13.0 Å². The summed E-state index contributed by atoms with van der Waals surface area (Å²) in [6, 6.07) is 6.41. The zero-order chi connectivity index (χ0) is 29.9. The summed E-state index contributed by atoms with van der Waals surface area (Å²) in [5.74, 6) is 1.78. The maximum absolute atomic E-state index is 13.6. The van der Waals surface area contributed by atoms with Gasteiger partial charge < -0.3 is 19.7 Å². The molecule has 3 aliphatic rings. The Kier molecular flexibility index (Phi) is 9.19. The number of piperidine rings is 1. The van der Waals surface area contributed by atoms with Crippen LogP contribution in [-0.2, 0) is 41.5 Å². The van der Waals surface area contributed by atoms with Gasteiger partial charge in [-0.2, -0.15) is 0 Å². The number of ether oxygens (including phenoxy) is 1. The molecule has 0 saturated carbocycles. The quantitative estimate of drug-likeness (QED) is 0.379. The highest BCUT2D eigenvalue weighted by Crippen LogP contribution is 2.40. The van der Waals surface area contributed by atoms with Gasteiger partial charge in [-0.3, -0.25) is 14.6 Å². The number of aromatic nitrogens is 4. The number of likely N-dealkylation sites (tertiary alicyclic amines) is 1. The van der Waals surface area contributed by atoms with Crippen LogP contribution in [0.2, 0.25) is 0 Å². The monoisotopic (exact) mass is 599 g/mol. The molecule has 3 aliphatic heterocycles. The normalized spacial score (nSPS) is 19.6. The van der Waals surface area contributed by atoms with Crippen LogP contribution in [-0.4, -0.2) is 81.2 Å². The summed E-state index contributed by atoms with van der Waals surface area (Å²) in [5, 5.41) is 19.1. The molecule has 0 aromatic carbocycles. The summed E-state index contributed by atoms with van der Waals surface area (Å²) in [7, 11) is 1.96. The Morgan fingerprint density at radius 1 is 1.31 bits per heavy atom. The van der Waals surface area contributed by atoms with E-state index in [9.17, 15) is 9.18 Å². The largest absolute Gasteiger partial charge is 0.479 e. The number of hydrogen-bond donors (Lipinski definition) is 2. The molecule has 226 valence electrons. The molecule has 2 N–H and O–H groups in total. The highest BCUT2D eigenvalue weighted by molar-refractivity contribution is 7.14. The molecule has 1 amide bonds. The Labute approximate surface area is 248 Å². The smallest absolute Gasteiger partial charge is 0.335 e. The fraction of sp³-hybridized carbons (Fsp3) is 0.552. The van der Waals surface area contributed by atoms with E-state index < -0.39 is 12.6 Å². The van der Waals surface area contributed by atoms with Crippen LogP contribution in [0.25, 0.3) is 0 Å². The summed E-state index contributed by atoms with van der Waals surface area (Å²) in [5.41, 5.74) is 2.02. The van der Waals surface area contributed by atoms with Gasteiger partial charge >= 0.3 is 5.97 Å². The van der Waals surface area contributed by atoms with E-state index in [1.165, 1.54) is 17.7 Å². The molecule has 2 fully saturated rings. The zero-order valence-electron chi connectivity index (χ0n) is 24.3. The number of anilines is 2. The number of carbonyl (C=O) groups is 2. The van der Waals surface area contributed by atoms with Crippen LogP contribution in [0.3, 0.4) is 0 Å². The van der Waals surface area contributed by atoms with Crippen molar-refractivity contribution in [2.45, 2.75) is 51.6 Å². The lowest BCUT2D eigenvalue weighted by Crippen LogP contribution is -2.49. The molecule has 6 rings (SSSR count). The Bertz CT molecular complexity index is 1420. The number of fused-ring (bicyclic) bond motifs is 1. The van der Waals surface area contributed by atoms with Crippen molar-refractivity contribution in [1.82, 2.24) is 24.6 Å². The van der Waals surface area contributed by atoms with E-state index in [1.807, 2.05) is 16.5 Å². The standard InChI is InChI=1S/C27H35N7O2S.C2H3FO2/c1-4-28-22-9-20(27(15-36-16-27)11-24-31-29-17-32(24)3)10-23(30-22)34-13-19-8-21(37-25(19)26(34)35)14-33-7-5-6-18(2)12-33;3-1-2(4)5/h8-10,17-18H,4-7,11-16H2,1-3H3,(H,28,30);1H2,(H,4,5)/t18-;/m0./s1. The van der Waals surface area contributed by atoms with Gasteiger partial charge in [-0.25, -0.2) is 14.2 Å². The molecule has 42 heavy (non-hydrogen) atoms. The van der Waals surface area contributed by atoms with E-state index in [4.69, 9.17) is 19.6 Å². The average molecular weight is 600 g/mol. The summed E-state index contributed by atoms with van der Waals surface area (Å²) in [4.78, 5) is 33.9. The van der Waals surface area contributed by atoms with Crippen LogP contribution in [0, 0.1) is 5.92 Å². The van der Waals surface area contributed by atoms with E-state index in [-0.39, 0.29) is 11.3 Å². The molecular weight excluding hydrogens is 561 g/mol. The highest BCUT2D eigenvalue weighted by atomic mass is 32.1. The number of carbonyl (C=O) groups excluding carboxylic acids is 1. The first-order valence-electron chi connectivity index (χ1n) is 14.3. The van der Waals surface area contributed by atoms with Gasteiger partial charge in [-0.05, 0) is 61.6 Å². The number of thiophene rings is 1. The van der Waals surface area contributed by atoms with Gasteiger partial charge in [-0.1, -0.05) is 6.92 Å². The molecule has 3 aromatic heterocycles. The average Bonchev–Trinajstić information content (AvgIpc) is 3.62. The van der Waals surface area contributed by atoms with E-state index in [0.717, 1.165) is 66.2 Å². The number of aliphatic carboxylic acids is 1.